The zero-order valence-corrected chi connectivity index (χ0v) is 15.7. The van der Waals surface area contributed by atoms with Gasteiger partial charge in [0.1, 0.15) is 11.8 Å². The van der Waals surface area contributed by atoms with Crippen molar-refractivity contribution in [3.63, 3.8) is 0 Å². The zero-order valence-electron chi connectivity index (χ0n) is 15.7. The molecule has 0 unspecified atom stereocenters. The number of rotatable bonds is 5. The van der Waals surface area contributed by atoms with Crippen LogP contribution in [0.5, 0.6) is 0 Å². The lowest BCUT2D eigenvalue weighted by Gasteiger charge is -2.19. The maximum Gasteiger partial charge on any atom is 0.217 e. The van der Waals surface area contributed by atoms with E-state index in [4.69, 9.17) is 0 Å². The normalized spacial score (nSPS) is 20.1. The third kappa shape index (κ3) is 3.97. The van der Waals surface area contributed by atoms with Gasteiger partial charge in [-0.05, 0) is 31.0 Å². The molecule has 0 spiro atoms. The highest BCUT2D eigenvalue weighted by molar-refractivity contribution is 5.73. The molecule has 1 aromatic heterocycles. The van der Waals surface area contributed by atoms with Gasteiger partial charge >= 0.3 is 0 Å². The molecule has 1 amide bonds. The Bertz CT molecular complexity index is 816. The average Bonchev–Trinajstić information content (AvgIpc) is 3.18. The van der Waals surface area contributed by atoms with E-state index in [0.717, 1.165) is 31.7 Å². The van der Waals surface area contributed by atoms with Gasteiger partial charge in [0.05, 0.1) is 0 Å². The van der Waals surface area contributed by atoms with E-state index < -0.39 is 0 Å². The minimum absolute atomic E-state index is 0.0119. The van der Waals surface area contributed by atoms with Crippen molar-refractivity contribution < 1.29 is 4.79 Å². The lowest BCUT2D eigenvalue weighted by Crippen LogP contribution is -2.38. The van der Waals surface area contributed by atoms with Crippen LogP contribution >= 0.6 is 0 Å². The number of benzene rings is 1. The number of amides is 1. The van der Waals surface area contributed by atoms with Crippen LogP contribution in [-0.2, 0) is 17.9 Å². The molecule has 1 aliphatic heterocycles. The number of hydrogen-bond acceptors (Lipinski definition) is 3. The molecule has 5 heteroatoms. The van der Waals surface area contributed by atoms with Gasteiger partial charge in [-0.15, -0.1) is 0 Å². The number of carbonyl (C=O) groups is 1. The van der Waals surface area contributed by atoms with Gasteiger partial charge in [0.2, 0.25) is 5.91 Å². The highest BCUT2D eigenvalue weighted by atomic mass is 16.1. The summed E-state index contributed by atoms with van der Waals surface area (Å²) < 4.78 is 1.98. The van der Waals surface area contributed by atoms with E-state index >= 15 is 0 Å². The van der Waals surface area contributed by atoms with Crippen molar-refractivity contribution in [3.05, 3.63) is 58.9 Å². The fourth-order valence-corrected chi connectivity index (χ4v) is 3.84. The molecule has 0 aliphatic carbocycles. The standard InChI is InChI=1S/C21H26N4O/c1-4-25-12-17(9-19(25)10-22)11-24-13-20(21(14-24)23-16(3)26)18-7-5-15(2)6-8-18/h5-9,12,20-21H,4,11,13-14H2,1-3H3,(H,23,26)/t20-,21+/m0/s1. The lowest BCUT2D eigenvalue weighted by molar-refractivity contribution is -0.119. The lowest BCUT2D eigenvalue weighted by atomic mass is 9.93. The van der Waals surface area contributed by atoms with E-state index in [1.54, 1.807) is 6.92 Å². The monoisotopic (exact) mass is 350 g/mol. The van der Waals surface area contributed by atoms with Crippen molar-refractivity contribution in [3.8, 4) is 6.07 Å². The number of aryl methyl sites for hydroxylation is 2. The van der Waals surface area contributed by atoms with Crippen LogP contribution in [0, 0.1) is 18.3 Å². The third-order valence-electron chi connectivity index (χ3n) is 5.10. The van der Waals surface area contributed by atoms with Gasteiger partial charge in [-0.3, -0.25) is 9.69 Å². The largest absolute Gasteiger partial charge is 0.352 e. The van der Waals surface area contributed by atoms with Crippen LogP contribution in [0.2, 0.25) is 0 Å². The Balaban J connectivity index is 1.77. The molecule has 1 N–H and O–H groups in total. The molecule has 2 atom stereocenters. The molecule has 1 aromatic carbocycles. The second-order valence-corrected chi connectivity index (χ2v) is 7.15. The Morgan fingerprint density at radius 3 is 2.62 bits per heavy atom. The van der Waals surface area contributed by atoms with Crippen LogP contribution in [0.4, 0.5) is 0 Å². The first-order valence-electron chi connectivity index (χ1n) is 9.15. The number of nitriles is 1. The molecule has 1 fully saturated rings. The first-order valence-corrected chi connectivity index (χ1v) is 9.15. The highest BCUT2D eigenvalue weighted by Gasteiger charge is 2.34. The van der Waals surface area contributed by atoms with Gasteiger partial charge in [-0.25, -0.2) is 0 Å². The fraction of sp³-hybridized carbons (Fsp3) is 0.429. The molecule has 3 rings (SSSR count). The van der Waals surface area contributed by atoms with Gasteiger partial charge in [-0.1, -0.05) is 29.8 Å². The second-order valence-electron chi connectivity index (χ2n) is 7.15. The van der Waals surface area contributed by atoms with Crippen LogP contribution in [0.25, 0.3) is 0 Å². The number of nitrogens with one attached hydrogen (secondary N) is 1. The van der Waals surface area contributed by atoms with E-state index in [-0.39, 0.29) is 17.9 Å². The quantitative estimate of drug-likeness (QED) is 0.902. The molecule has 5 nitrogen and oxygen atoms in total. The van der Waals surface area contributed by atoms with Gasteiger partial charge < -0.3 is 9.88 Å². The minimum Gasteiger partial charge on any atom is -0.352 e. The Hall–Kier alpha value is -2.58. The van der Waals surface area contributed by atoms with E-state index in [1.807, 2.05) is 17.6 Å². The molecule has 136 valence electrons. The van der Waals surface area contributed by atoms with E-state index in [2.05, 4.69) is 53.7 Å². The molecule has 2 aromatic rings. The molecule has 1 aliphatic rings. The van der Waals surface area contributed by atoms with Crippen molar-refractivity contribution in [1.29, 1.82) is 5.26 Å². The minimum atomic E-state index is 0.0119. The maximum absolute atomic E-state index is 11.7. The Kier molecular flexibility index (Phi) is 5.43. The van der Waals surface area contributed by atoms with Crippen LogP contribution in [-0.4, -0.2) is 34.5 Å². The van der Waals surface area contributed by atoms with Crippen LogP contribution in [0.15, 0.2) is 36.5 Å². The first-order chi connectivity index (χ1) is 12.5. The number of aromatic nitrogens is 1. The van der Waals surface area contributed by atoms with Crippen molar-refractivity contribution >= 4 is 5.91 Å². The summed E-state index contributed by atoms with van der Waals surface area (Å²) in [6.45, 7) is 9.01. The molecular formula is C21H26N4O. The Morgan fingerprint density at radius 1 is 1.31 bits per heavy atom. The summed E-state index contributed by atoms with van der Waals surface area (Å²) in [5.74, 6) is 0.293. The Labute approximate surface area is 155 Å². The van der Waals surface area contributed by atoms with Crippen LogP contribution < -0.4 is 5.32 Å². The number of carbonyl (C=O) groups excluding carboxylic acids is 1. The van der Waals surface area contributed by atoms with Gasteiger partial charge in [0, 0.05) is 51.3 Å². The van der Waals surface area contributed by atoms with Gasteiger partial charge in [0.25, 0.3) is 0 Å². The zero-order chi connectivity index (χ0) is 18.7. The van der Waals surface area contributed by atoms with E-state index in [1.165, 1.54) is 11.1 Å². The number of hydrogen-bond donors (Lipinski definition) is 1. The summed E-state index contributed by atoms with van der Waals surface area (Å²) in [4.78, 5) is 14.0. The molecule has 0 bridgehead atoms. The summed E-state index contributed by atoms with van der Waals surface area (Å²) in [7, 11) is 0. The molecular weight excluding hydrogens is 324 g/mol. The molecule has 1 saturated heterocycles. The summed E-state index contributed by atoms with van der Waals surface area (Å²) in [5, 5.41) is 12.4. The number of likely N-dealkylation sites (tertiary alicyclic amines) is 1. The van der Waals surface area contributed by atoms with Gasteiger partial charge in [-0.2, -0.15) is 5.26 Å². The van der Waals surface area contributed by atoms with Crippen molar-refractivity contribution in [1.82, 2.24) is 14.8 Å². The third-order valence-corrected chi connectivity index (χ3v) is 5.10. The maximum atomic E-state index is 11.7. The Morgan fingerprint density at radius 2 is 2.04 bits per heavy atom. The molecule has 2 heterocycles. The predicted molar refractivity (Wildman–Crippen MR) is 102 cm³/mol. The van der Waals surface area contributed by atoms with Crippen molar-refractivity contribution in [2.24, 2.45) is 0 Å². The van der Waals surface area contributed by atoms with Crippen molar-refractivity contribution in [2.75, 3.05) is 13.1 Å². The number of nitrogens with zero attached hydrogens (tertiary/aromatic N) is 3. The van der Waals surface area contributed by atoms with Crippen LogP contribution in [0.3, 0.4) is 0 Å². The first kappa shape index (κ1) is 18.2. The second kappa shape index (κ2) is 7.76. The van der Waals surface area contributed by atoms with E-state index in [0.29, 0.717) is 5.69 Å². The van der Waals surface area contributed by atoms with E-state index in [9.17, 15) is 10.1 Å². The molecule has 0 radical (unpaired) electrons. The van der Waals surface area contributed by atoms with Crippen molar-refractivity contribution in [2.45, 2.75) is 45.8 Å². The SMILES string of the molecule is CCn1cc(CN2C[C@@H](NC(C)=O)[C@H](c3ccc(C)cc3)C2)cc1C#N. The summed E-state index contributed by atoms with van der Waals surface area (Å²) >= 11 is 0. The van der Waals surface area contributed by atoms with Crippen LogP contribution in [0.1, 0.15) is 42.1 Å². The topological polar surface area (TPSA) is 61.1 Å². The molecule has 26 heavy (non-hydrogen) atoms. The highest BCUT2D eigenvalue weighted by Crippen LogP contribution is 2.29. The molecule has 0 saturated carbocycles. The van der Waals surface area contributed by atoms with Gasteiger partial charge in [0.15, 0.2) is 0 Å². The smallest absolute Gasteiger partial charge is 0.217 e. The average molecular weight is 350 g/mol. The summed E-state index contributed by atoms with van der Waals surface area (Å²) in [6.07, 6.45) is 2.06. The summed E-state index contributed by atoms with van der Waals surface area (Å²) in [5.41, 5.74) is 4.36. The fourth-order valence-electron chi connectivity index (χ4n) is 3.84. The predicted octanol–water partition coefficient (Wildman–Crippen LogP) is 2.79. The summed E-state index contributed by atoms with van der Waals surface area (Å²) in [6, 6.07) is 12.9.